The van der Waals surface area contributed by atoms with Gasteiger partial charge in [0.05, 0.1) is 4.92 Å². The summed E-state index contributed by atoms with van der Waals surface area (Å²) in [5.74, 6) is 0. The van der Waals surface area contributed by atoms with Crippen molar-refractivity contribution in [3.05, 3.63) is 63.7 Å². The van der Waals surface area contributed by atoms with Crippen LogP contribution in [0.25, 0.3) is 0 Å². The maximum atomic E-state index is 11.1. The van der Waals surface area contributed by atoms with Crippen LogP contribution < -0.4 is 10.2 Å². The number of aryl methyl sites for hydroxylation is 1. The zero-order valence-corrected chi connectivity index (χ0v) is 12.5. The molecule has 0 aliphatic rings. The van der Waals surface area contributed by atoms with E-state index in [2.05, 4.69) is 5.32 Å². The van der Waals surface area contributed by atoms with Gasteiger partial charge in [-0.2, -0.15) is 0 Å². The lowest BCUT2D eigenvalue weighted by Crippen LogP contribution is -2.09. The Hall–Kier alpha value is -2.56. The molecule has 5 heteroatoms. The number of benzene rings is 2. The first-order valence-electron chi connectivity index (χ1n) is 6.73. The number of nitrogens with zero attached hydrogens (tertiary/aromatic N) is 2. The highest BCUT2D eigenvalue weighted by Crippen LogP contribution is 2.28. The Morgan fingerprint density at radius 1 is 1.14 bits per heavy atom. The number of nitro benzene ring substituents is 1. The normalized spacial score (nSPS) is 10.2. The second kappa shape index (κ2) is 6.26. The molecule has 0 saturated carbocycles. The molecule has 2 aromatic rings. The molecule has 0 aliphatic carbocycles. The van der Waals surface area contributed by atoms with Crippen LogP contribution in [0.4, 0.5) is 17.1 Å². The summed E-state index contributed by atoms with van der Waals surface area (Å²) < 4.78 is 0. The number of hydrogen-bond donors (Lipinski definition) is 1. The third-order valence-electron chi connectivity index (χ3n) is 3.37. The van der Waals surface area contributed by atoms with Crippen LogP contribution in [0.1, 0.15) is 11.1 Å². The van der Waals surface area contributed by atoms with Gasteiger partial charge in [-0.15, -0.1) is 0 Å². The Labute approximate surface area is 124 Å². The van der Waals surface area contributed by atoms with Crippen LogP contribution in [0.2, 0.25) is 0 Å². The monoisotopic (exact) mass is 285 g/mol. The minimum atomic E-state index is -0.357. The summed E-state index contributed by atoms with van der Waals surface area (Å²) in [5.41, 5.74) is 3.77. The standard InChI is InChI=1S/C16H19N3O2/c1-12-5-4-6-15(19(20)21)16(12)17-11-13-7-9-14(10-8-13)18(2)3/h4-10,17H,11H2,1-3H3. The van der Waals surface area contributed by atoms with E-state index in [0.29, 0.717) is 12.2 Å². The predicted octanol–water partition coefficient (Wildman–Crippen LogP) is 3.58. The fourth-order valence-corrected chi connectivity index (χ4v) is 2.14. The van der Waals surface area contributed by atoms with Crippen LogP contribution in [0, 0.1) is 17.0 Å². The second-order valence-corrected chi connectivity index (χ2v) is 5.14. The molecule has 0 atom stereocenters. The van der Waals surface area contributed by atoms with Crippen molar-refractivity contribution in [3.8, 4) is 0 Å². The van der Waals surface area contributed by atoms with Crippen molar-refractivity contribution in [2.24, 2.45) is 0 Å². The average Bonchev–Trinajstić information content (AvgIpc) is 2.46. The second-order valence-electron chi connectivity index (χ2n) is 5.14. The first kappa shape index (κ1) is 14.8. The van der Waals surface area contributed by atoms with Gasteiger partial charge in [0.2, 0.25) is 0 Å². The smallest absolute Gasteiger partial charge is 0.292 e. The molecule has 0 fully saturated rings. The molecule has 110 valence electrons. The van der Waals surface area contributed by atoms with E-state index in [1.54, 1.807) is 6.07 Å². The molecule has 5 nitrogen and oxygen atoms in total. The van der Waals surface area contributed by atoms with Gasteiger partial charge in [0, 0.05) is 32.4 Å². The highest BCUT2D eigenvalue weighted by atomic mass is 16.6. The van der Waals surface area contributed by atoms with E-state index in [0.717, 1.165) is 16.8 Å². The Morgan fingerprint density at radius 3 is 2.38 bits per heavy atom. The summed E-state index contributed by atoms with van der Waals surface area (Å²) >= 11 is 0. The Kier molecular flexibility index (Phi) is 4.42. The lowest BCUT2D eigenvalue weighted by atomic mass is 10.1. The first-order valence-corrected chi connectivity index (χ1v) is 6.73. The van der Waals surface area contributed by atoms with Gasteiger partial charge < -0.3 is 10.2 Å². The quantitative estimate of drug-likeness (QED) is 0.674. The van der Waals surface area contributed by atoms with Gasteiger partial charge in [0.15, 0.2) is 0 Å². The maximum Gasteiger partial charge on any atom is 0.292 e. The van der Waals surface area contributed by atoms with Crippen LogP contribution in [-0.2, 0) is 6.54 Å². The molecule has 0 unspecified atom stereocenters. The fourth-order valence-electron chi connectivity index (χ4n) is 2.14. The van der Waals surface area contributed by atoms with Crippen molar-refractivity contribution in [1.82, 2.24) is 0 Å². The van der Waals surface area contributed by atoms with Crippen molar-refractivity contribution in [3.63, 3.8) is 0 Å². The van der Waals surface area contributed by atoms with Gasteiger partial charge in [-0.25, -0.2) is 0 Å². The van der Waals surface area contributed by atoms with Crippen LogP contribution in [0.15, 0.2) is 42.5 Å². The van der Waals surface area contributed by atoms with E-state index < -0.39 is 0 Å². The number of anilines is 2. The van der Waals surface area contributed by atoms with E-state index >= 15 is 0 Å². The third-order valence-corrected chi connectivity index (χ3v) is 3.37. The van der Waals surface area contributed by atoms with Crippen LogP contribution in [-0.4, -0.2) is 19.0 Å². The predicted molar refractivity (Wildman–Crippen MR) is 85.9 cm³/mol. The largest absolute Gasteiger partial charge is 0.378 e. The molecular weight excluding hydrogens is 266 g/mol. The maximum absolute atomic E-state index is 11.1. The molecule has 2 rings (SSSR count). The minimum Gasteiger partial charge on any atom is -0.378 e. The van der Waals surface area contributed by atoms with Gasteiger partial charge in [-0.3, -0.25) is 10.1 Å². The average molecular weight is 285 g/mol. The Bertz CT molecular complexity index is 636. The van der Waals surface area contributed by atoms with Crippen molar-refractivity contribution >= 4 is 17.1 Å². The zero-order valence-electron chi connectivity index (χ0n) is 12.5. The van der Waals surface area contributed by atoms with Gasteiger partial charge in [-0.1, -0.05) is 24.3 Å². The van der Waals surface area contributed by atoms with Crippen LogP contribution in [0.5, 0.6) is 0 Å². The summed E-state index contributed by atoms with van der Waals surface area (Å²) in [6.07, 6.45) is 0. The number of hydrogen-bond acceptors (Lipinski definition) is 4. The summed E-state index contributed by atoms with van der Waals surface area (Å²) in [6.45, 7) is 2.42. The Morgan fingerprint density at radius 2 is 1.81 bits per heavy atom. The van der Waals surface area contributed by atoms with Crippen LogP contribution in [0.3, 0.4) is 0 Å². The number of nitrogens with one attached hydrogen (secondary N) is 1. The van der Waals surface area contributed by atoms with Gasteiger partial charge in [0.25, 0.3) is 5.69 Å². The SMILES string of the molecule is Cc1cccc([N+](=O)[O-])c1NCc1ccc(N(C)C)cc1. The molecule has 0 radical (unpaired) electrons. The third kappa shape index (κ3) is 3.51. The van der Waals surface area contributed by atoms with Crippen molar-refractivity contribution in [2.75, 3.05) is 24.3 Å². The topological polar surface area (TPSA) is 58.4 Å². The first-order chi connectivity index (χ1) is 9.99. The molecule has 0 amide bonds. The van der Waals surface area contributed by atoms with E-state index in [1.165, 1.54) is 6.07 Å². The summed E-state index contributed by atoms with van der Waals surface area (Å²) in [4.78, 5) is 12.7. The summed E-state index contributed by atoms with van der Waals surface area (Å²) in [7, 11) is 3.98. The number of para-hydroxylation sites is 1. The molecule has 0 saturated heterocycles. The lowest BCUT2D eigenvalue weighted by Gasteiger charge is -2.13. The zero-order chi connectivity index (χ0) is 15.4. The van der Waals surface area contributed by atoms with Gasteiger partial charge >= 0.3 is 0 Å². The lowest BCUT2D eigenvalue weighted by molar-refractivity contribution is -0.384. The molecule has 0 heterocycles. The fraction of sp³-hybridized carbons (Fsp3) is 0.250. The van der Waals surface area contributed by atoms with Crippen molar-refractivity contribution in [1.29, 1.82) is 0 Å². The van der Waals surface area contributed by atoms with Gasteiger partial charge in [0.1, 0.15) is 5.69 Å². The molecule has 2 aromatic carbocycles. The minimum absolute atomic E-state index is 0.111. The van der Waals surface area contributed by atoms with E-state index in [-0.39, 0.29) is 10.6 Å². The molecule has 0 aromatic heterocycles. The van der Waals surface area contributed by atoms with Crippen molar-refractivity contribution in [2.45, 2.75) is 13.5 Å². The molecule has 1 N–H and O–H groups in total. The van der Waals surface area contributed by atoms with Crippen LogP contribution >= 0.6 is 0 Å². The molecular formula is C16H19N3O2. The van der Waals surface area contributed by atoms with Gasteiger partial charge in [-0.05, 0) is 30.2 Å². The van der Waals surface area contributed by atoms with E-state index in [1.807, 2.05) is 56.3 Å². The molecule has 0 spiro atoms. The van der Waals surface area contributed by atoms with Crippen molar-refractivity contribution < 1.29 is 4.92 Å². The molecule has 0 bridgehead atoms. The number of rotatable bonds is 5. The van der Waals surface area contributed by atoms with E-state index in [9.17, 15) is 10.1 Å². The highest BCUT2D eigenvalue weighted by molar-refractivity contribution is 5.66. The summed E-state index contributed by atoms with van der Waals surface area (Å²) in [5, 5.41) is 14.2. The Balaban J connectivity index is 2.15. The summed E-state index contributed by atoms with van der Waals surface area (Å²) in [6, 6.07) is 13.2. The highest BCUT2D eigenvalue weighted by Gasteiger charge is 2.14. The number of nitro groups is 1. The molecule has 21 heavy (non-hydrogen) atoms. The molecule has 0 aliphatic heterocycles. The van der Waals surface area contributed by atoms with E-state index in [4.69, 9.17) is 0 Å².